The Morgan fingerprint density at radius 1 is 1.50 bits per heavy atom. The quantitative estimate of drug-likeness (QED) is 0.805. The third kappa shape index (κ3) is 4.73. The fraction of sp³-hybridized carbons (Fsp3) is 0.583. The summed E-state index contributed by atoms with van der Waals surface area (Å²) in [7, 11) is 1.53. The molecule has 1 aliphatic heterocycles. The third-order valence-electron chi connectivity index (χ3n) is 3.02. The Balaban J connectivity index is 1.75. The fourth-order valence-corrected chi connectivity index (χ4v) is 4.17. The van der Waals surface area contributed by atoms with Crippen molar-refractivity contribution in [3.63, 3.8) is 0 Å². The van der Waals surface area contributed by atoms with E-state index in [-0.39, 0.29) is 22.6 Å². The Hall–Kier alpha value is -0.630. The molecule has 2 heterocycles. The zero-order valence-corrected chi connectivity index (χ0v) is 13.2. The molecule has 1 aliphatic rings. The molecule has 1 fully saturated rings. The smallest absolute Gasteiger partial charge is 0.270 e. The normalized spacial score (nSPS) is 19.1. The van der Waals surface area contributed by atoms with Gasteiger partial charge in [0.15, 0.2) is 0 Å². The Bertz CT molecular complexity index is 564. The van der Waals surface area contributed by atoms with Gasteiger partial charge in [-0.3, -0.25) is 4.79 Å². The summed E-state index contributed by atoms with van der Waals surface area (Å²) in [5.41, 5.74) is 0. The fourth-order valence-electron chi connectivity index (χ4n) is 2.05. The van der Waals surface area contributed by atoms with Gasteiger partial charge in [0.05, 0.1) is 12.5 Å². The van der Waals surface area contributed by atoms with Crippen LogP contribution in [0.2, 0.25) is 0 Å². The van der Waals surface area contributed by atoms with Crippen LogP contribution in [0.15, 0.2) is 16.3 Å². The van der Waals surface area contributed by atoms with Crippen molar-refractivity contribution in [1.82, 2.24) is 5.32 Å². The molecule has 5 nitrogen and oxygen atoms in total. The maximum Gasteiger partial charge on any atom is 0.270 e. The first-order chi connectivity index (χ1) is 9.45. The lowest BCUT2D eigenvalue weighted by atomic mass is 10.2. The zero-order valence-electron chi connectivity index (χ0n) is 10.8. The van der Waals surface area contributed by atoms with Gasteiger partial charge < -0.3 is 10.1 Å². The van der Waals surface area contributed by atoms with Crippen LogP contribution in [0.1, 0.15) is 24.1 Å². The number of amides is 1. The average Bonchev–Trinajstić information content (AvgIpc) is 2.98. The van der Waals surface area contributed by atoms with Crippen LogP contribution < -0.4 is 5.32 Å². The van der Waals surface area contributed by atoms with Gasteiger partial charge in [-0.25, -0.2) is 8.42 Å². The number of carbonyl (C=O) groups is 1. The van der Waals surface area contributed by atoms with Crippen LogP contribution >= 0.6 is 22.0 Å². The summed E-state index contributed by atoms with van der Waals surface area (Å²) in [6, 6.07) is 3.03. The van der Waals surface area contributed by atoms with E-state index in [0.717, 1.165) is 37.2 Å². The lowest BCUT2D eigenvalue weighted by Gasteiger charge is -2.09. The summed E-state index contributed by atoms with van der Waals surface area (Å²) < 4.78 is 27.8. The average molecular weight is 338 g/mol. The second-order valence-electron chi connectivity index (χ2n) is 4.61. The lowest BCUT2D eigenvalue weighted by molar-refractivity contribution is -0.120. The Labute approximate surface area is 126 Å². The molecule has 1 unspecified atom stereocenters. The van der Waals surface area contributed by atoms with E-state index in [1.165, 1.54) is 6.07 Å². The van der Waals surface area contributed by atoms with Gasteiger partial charge in [0.1, 0.15) is 4.21 Å². The number of nitrogens with one attached hydrogen (secondary N) is 1. The van der Waals surface area contributed by atoms with E-state index >= 15 is 0 Å². The minimum absolute atomic E-state index is 0.0707. The van der Waals surface area contributed by atoms with Crippen molar-refractivity contribution in [3.05, 3.63) is 17.0 Å². The standard InChI is InChI=1S/C12H16ClNO4S2/c13-20(16,17)12-4-3-10(19-12)8-11(15)14-6-5-9-2-1-7-18-9/h3-4,9H,1-2,5-8H2,(H,14,15). The molecule has 0 bridgehead atoms. The number of rotatable bonds is 6. The zero-order chi connectivity index (χ0) is 14.6. The van der Waals surface area contributed by atoms with Gasteiger partial charge in [0.2, 0.25) is 5.91 Å². The molecule has 0 aromatic carbocycles. The maximum absolute atomic E-state index is 11.7. The number of hydrogen-bond acceptors (Lipinski definition) is 5. The summed E-state index contributed by atoms with van der Waals surface area (Å²) >= 11 is 1.02. The second kappa shape index (κ2) is 6.89. The van der Waals surface area contributed by atoms with Crippen LogP contribution in [0.25, 0.3) is 0 Å². The van der Waals surface area contributed by atoms with E-state index < -0.39 is 9.05 Å². The van der Waals surface area contributed by atoms with E-state index in [0.29, 0.717) is 11.4 Å². The number of ether oxygens (including phenoxy) is 1. The molecule has 0 radical (unpaired) electrons. The molecule has 0 saturated carbocycles. The summed E-state index contributed by atoms with van der Waals surface area (Å²) in [6.45, 7) is 1.39. The van der Waals surface area contributed by atoms with Crippen molar-refractivity contribution in [2.45, 2.75) is 36.0 Å². The minimum atomic E-state index is -3.70. The monoisotopic (exact) mass is 337 g/mol. The Morgan fingerprint density at radius 3 is 2.90 bits per heavy atom. The number of thiophene rings is 1. The van der Waals surface area contributed by atoms with Crippen molar-refractivity contribution in [2.24, 2.45) is 0 Å². The second-order valence-corrected chi connectivity index (χ2v) is 8.57. The van der Waals surface area contributed by atoms with Crippen LogP contribution in [-0.4, -0.2) is 33.6 Å². The molecule has 8 heteroatoms. The molecule has 112 valence electrons. The summed E-state index contributed by atoms with van der Waals surface area (Å²) in [5.74, 6) is -0.122. The minimum Gasteiger partial charge on any atom is -0.378 e. The van der Waals surface area contributed by atoms with E-state index in [9.17, 15) is 13.2 Å². The molecule has 2 rings (SSSR count). The summed E-state index contributed by atoms with van der Waals surface area (Å²) in [4.78, 5) is 12.4. The van der Waals surface area contributed by atoms with E-state index in [1.807, 2.05) is 0 Å². The highest BCUT2D eigenvalue weighted by Gasteiger charge is 2.16. The molecular formula is C12H16ClNO4S2. The Morgan fingerprint density at radius 2 is 2.30 bits per heavy atom. The molecule has 1 saturated heterocycles. The van der Waals surface area contributed by atoms with Crippen LogP contribution in [-0.2, 0) is 25.0 Å². The van der Waals surface area contributed by atoms with Crippen molar-refractivity contribution in [1.29, 1.82) is 0 Å². The molecule has 0 aliphatic carbocycles. The number of halogens is 1. The van der Waals surface area contributed by atoms with Crippen LogP contribution in [0, 0.1) is 0 Å². The molecule has 1 aromatic heterocycles. The van der Waals surface area contributed by atoms with Crippen molar-refractivity contribution < 1.29 is 17.9 Å². The lowest BCUT2D eigenvalue weighted by Crippen LogP contribution is -2.28. The molecular weight excluding hydrogens is 322 g/mol. The van der Waals surface area contributed by atoms with Crippen LogP contribution in [0.5, 0.6) is 0 Å². The van der Waals surface area contributed by atoms with Gasteiger partial charge in [0.25, 0.3) is 9.05 Å². The van der Waals surface area contributed by atoms with Crippen molar-refractivity contribution >= 4 is 37.0 Å². The van der Waals surface area contributed by atoms with Crippen LogP contribution in [0.4, 0.5) is 0 Å². The molecule has 20 heavy (non-hydrogen) atoms. The molecule has 1 N–H and O–H groups in total. The first-order valence-electron chi connectivity index (χ1n) is 6.37. The highest BCUT2D eigenvalue weighted by Crippen LogP contribution is 2.25. The predicted molar refractivity (Wildman–Crippen MR) is 77.7 cm³/mol. The van der Waals surface area contributed by atoms with Crippen LogP contribution in [0.3, 0.4) is 0 Å². The van der Waals surface area contributed by atoms with E-state index in [1.54, 1.807) is 6.07 Å². The molecule has 1 atom stereocenters. The van der Waals surface area contributed by atoms with Gasteiger partial charge in [0, 0.05) is 28.7 Å². The predicted octanol–water partition coefficient (Wildman–Crippen LogP) is 1.90. The maximum atomic E-state index is 11.7. The first-order valence-corrected chi connectivity index (χ1v) is 9.49. The van der Waals surface area contributed by atoms with Gasteiger partial charge in [-0.2, -0.15) is 0 Å². The topological polar surface area (TPSA) is 72.5 Å². The van der Waals surface area contributed by atoms with Gasteiger partial charge in [-0.05, 0) is 31.4 Å². The molecule has 1 aromatic rings. The van der Waals surface area contributed by atoms with E-state index in [2.05, 4.69) is 5.32 Å². The summed E-state index contributed by atoms with van der Waals surface area (Å²) in [5, 5.41) is 2.81. The SMILES string of the molecule is O=C(Cc1ccc(S(=O)(=O)Cl)s1)NCCC1CCCO1. The number of carbonyl (C=O) groups excluding carboxylic acids is 1. The van der Waals surface area contributed by atoms with Crippen molar-refractivity contribution in [2.75, 3.05) is 13.2 Å². The Kier molecular flexibility index (Phi) is 5.42. The number of hydrogen-bond donors (Lipinski definition) is 1. The third-order valence-corrected chi connectivity index (χ3v) is 6.20. The highest BCUT2D eigenvalue weighted by atomic mass is 35.7. The van der Waals surface area contributed by atoms with Gasteiger partial charge in [-0.1, -0.05) is 0 Å². The molecule has 1 amide bonds. The molecule has 0 spiro atoms. The largest absolute Gasteiger partial charge is 0.378 e. The van der Waals surface area contributed by atoms with E-state index in [4.69, 9.17) is 15.4 Å². The highest BCUT2D eigenvalue weighted by molar-refractivity contribution is 8.15. The van der Waals surface area contributed by atoms with Gasteiger partial charge in [-0.15, -0.1) is 11.3 Å². The van der Waals surface area contributed by atoms with Crippen molar-refractivity contribution in [3.8, 4) is 0 Å². The summed E-state index contributed by atoms with van der Waals surface area (Å²) in [6.07, 6.45) is 3.38. The van der Waals surface area contributed by atoms with Gasteiger partial charge >= 0.3 is 0 Å². The first kappa shape index (κ1) is 15.8.